The van der Waals surface area contributed by atoms with Crippen molar-refractivity contribution in [2.24, 2.45) is 5.73 Å². The normalized spacial score (nSPS) is 18.9. The minimum absolute atomic E-state index is 0.143. The summed E-state index contributed by atoms with van der Waals surface area (Å²) in [6, 6.07) is 8.38. The van der Waals surface area contributed by atoms with Crippen molar-refractivity contribution in [3.8, 4) is 0 Å². The molecule has 4 N–H and O–H groups in total. The van der Waals surface area contributed by atoms with Crippen LogP contribution in [0.2, 0.25) is 0 Å². The molecule has 1 aliphatic rings. The lowest BCUT2D eigenvalue weighted by atomic mass is 10.0. The van der Waals surface area contributed by atoms with Gasteiger partial charge in [0.25, 0.3) is 0 Å². The minimum Gasteiger partial charge on any atom is -0.368 e. The van der Waals surface area contributed by atoms with Crippen LogP contribution >= 0.6 is 0 Å². The number of primary amides is 1. The molecule has 2 atom stereocenters. The van der Waals surface area contributed by atoms with Crippen LogP contribution in [-0.2, 0) is 20.8 Å². The third-order valence-electron chi connectivity index (χ3n) is 3.54. The topological polar surface area (TPSA) is 101 Å². The summed E-state index contributed by atoms with van der Waals surface area (Å²) in [7, 11) is 0. The van der Waals surface area contributed by atoms with Crippen molar-refractivity contribution in [2.45, 2.75) is 37.8 Å². The molecule has 6 nitrogen and oxygen atoms in total. The quantitative estimate of drug-likeness (QED) is 0.679. The number of aryl methyl sites for hydroxylation is 1. The average molecular weight is 289 g/mol. The van der Waals surface area contributed by atoms with E-state index in [1.807, 2.05) is 30.3 Å². The van der Waals surface area contributed by atoms with Crippen molar-refractivity contribution in [3.63, 3.8) is 0 Å². The summed E-state index contributed by atoms with van der Waals surface area (Å²) < 4.78 is 0. The van der Waals surface area contributed by atoms with Gasteiger partial charge in [0.05, 0.1) is 0 Å². The molecule has 1 aromatic rings. The Bertz CT molecular complexity index is 530. The second-order valence-electron chi connectivity index (χ2n) is 5.15. The van der Waals surface area contributed by atoms with Gasteiger partial charge in [-0.15, -0.1) is 0 Å². The molecule has 0 radical (unpaired) electrons. The van der Waals surface area contributed by atoms with Crippen LogP contribution in [0.4, 0.5) is 0 Å². The molecular formula is C15H19N3O3. The molecule has 0 spiro atoms. The molecule has 0 unspecified atom stereocenters. The highest BCUT2D eigenvalue weighted by atomic mass is 16.2. The summed E-state index contributed by atoms with van der Waals surface area (Å²) in [5.41, 5.74) is 6.41. The fourth-order valence-corrected chi connectivity index (χ4v) is 2.32. The first-order chi connectivity index (χ1) is 10.1. The number of rotatable bonds is 6. The van der Waals surface area contributed by atoms with Gasteiger partial charge in [-0.2, -0.15) is 0 Å². The van der Waals surface area contributed by atoms with E-state index < -0.39 is 18.0 Å². The Morgan fingerprint density at radius 1 is 1.33 bits per heavy atom. The van der Waals surface area contributed by atoms with Gasteiger partial charge in [-0.05, 0) is 24.8 Å². The zero-order valence-corrected chi connectivity index (χ0v) is 11.7. The van der Waals surface area contributed by atoms with Crippen molar-refractivity contribution >= 4 is 17.7 Å². The molecule has 1 saturated heterocycles. The van der Waals surface area contributed by atoms with Gasteiger partial charge in [0.1, 0.15) is 12.1 Å². The van der Waals surface area contributed by atoms with Crippen molar-refractivity contribution in [1.82, 2.24) is 10.6 Å². The van der Waals surface area contributed by atoms with Crippen molar-refractivity contribution in [3.05, 3.63) is 35.9 Å². The summed E-state index contributed by atoms with van der Waals surface area (Å²) in [5, 5.41) is 5.19. The van der Waals surface area contributed by atoms with Crippen molar-refractivity contribution in [2.75, 3.05) is 0 Å². The van der Waals surface area contributed by atoms with Crippen LogP contribution in [0.3, 0.4) is 0 Å². The fourth-order valence-electron chi connectivity index (χ4n) is 2.32. The van der Waals surface area contributed by atoms with Gasteiger partial charge in [-0.1, -0.05) is 30.3 Å². The monoisotopic (exact) mass is 289 g/mol. The Kier molecular flexibility index (Phi) is 4.92. The van der Waals surface area contributed by atoms with Crippen LogP contribution in [0.1, 0.15) is 24.8 Å². The van der Waals surface area contributed by atoms with E-state index in [0.717, 1.165) is 5.56 Å². The van der Waals surface area contributed by atoms with E-state index in [9.17, 15) is 14.4 Å². The van der Waals surface area contributed by atoms with Crippen LogP contribution in [0, 0.1) is 0 Å². The van der Waals surface area contributed by atoms with Gasteiger partial charge in [-0.25, -0.2) is 0 Å². The first-order valence-corrected chi connectivity index (χ1v) is 6.99. The van der Waals surface area contributed by atoms with Gasteiger partial charge in [-0.3, -0.25) is 14.4 Å². The number of hydrogen-bond acceptors (Lipinski definition) is 3. The molecule has 6 heteroatoms. The number of nitrogens with two attached hydrogens (primary N) is 1. The Morgan fingerprint density at radius 3 is 2.62 bits per heavy atom. The third kappa shape index (κ3) is 4.30. The number of carbonyl (C=O) groups excluding carboxylic acids is 3. The number of carbonyl (C=O) groups is 3. The number of benzene rings is 1. The zero-order valence-electron chi connectivity index (χ0n) is 11.7. The molecule has 2 rings (SSSR count). The third-order valence-corrected chi connectivity index (χ3v) is 3.54. The predicted octanol–water partition coefficient (Wildman–Crippen LogP) is -0.132. The first kappa shape index (κ1) is 15.0. The molecule has 0 saturated carbocycles. The van der Waals surface area contributed by atoms with Crippen LogP contribution in [0.5, 0.6) is 0 Å². The lowest BCUT2D eigenvalue weighted by molar-refractivity contribution is -0.129. The maximum atomic E-state index is 12.0. The molecule has 0 aromatic heterocycles. The van der Waals surface area contributed by atoms with E-state index in [1.165, 1.54) is 0 Å². The molecule has 21 heavy (non-hydrogen) atoms. The predicted molar refractivity (Wildman–Crippen MR) is 77.1 cm³/mol. The first-order valence-electron chi connectivity index (χ1n) is 6.99. The van der Waals surface area contributed by atoms with Crippen molar-refractivity contribution < 1.29 is 14.4 Å². The molecule has 1 aliphatic heterocycles. The van der Waals surface area contributed by atoms with Gasteiger partial charge in [0.2, 0.25) is 17.7 Å². The van der Waals surface area contributed by atoms with E-state index in [1.54, 1.807) is 0 Å². The standard InChI is InChI=1S/C15H19N3O3/c16-14(20)11(7-6-10-4-2-1-3-5-10)18-15(21)12-8-9-13(19)17-12/h1-5,11-12H,6-9H2,(H2,16,20)(H,17,19)(H,18,21)/t11-,12-/m0/s1. The average Bonchev–Trinajstić information content (AvgIpc) is 2.90. The second kappa shape index (κ2) is 6.88. The highest BCUT2D eigenvalue weighted by molar-refractivity contribution is 5.93. The molecular weight excluding hydrogens is 270 g/mol. The molecule has 3 amide bonds. The number of amides is 3. The summed E-state index contributed by atoms with van der Waals surface area (Å²) in [6.07, 6.45) is 1.87. The Morgan fingerprint density at radius 2 is 2.05 bits per heavy atom. The van der Waals surface area contributed by atoms with Gasteiger partial charge in [0, 0.05) is 6.42 Å². The summed E-state index contributed by atoms with van der Waals surface area (Å²) in [5.74, 6) is -1.06. The number of nitrogens with one attached hydrogen (secondary N) is 2. The van der Waals surface area contributed by atoms with Gasteiger partial charge < -0.3 is 16.4 Å². The van der Waals surface area contributed by atoms with Gasteiger partial charge in [0.15, 0.2) is 0 Å². The summed E-state index contributed by atoms with van der Waals surface area (Å²) in [4.78, 5) is 34.5. The van der Waals surface area contributed by atoms with E-state index in [0.29, 0.717) is 25.7 Å². The van der Waals surface area contributed by atoms with Crippen LogP contribution in [0.15, 0.2) is 30.3 Å². The van der Waals surface area contributed by atoms with Gasteiger partial charge >= 0.3 is 0 Å². The molecule has 112 valence electrons. The second-order valence-corrected chi connectivity index (χ2v) is 5.15. The Balaban J connectivity index is 1.88. The Labute approximate surface area is 123 Å². The lowest BCUT2D eigenvalue weighted by Gasteiger charge is -2.18. The smallest absolute Gasteiger partial charge is 0.243 e. The lowest BCUT2D eigenvalue weighted by Crippen LogP contribution is -2.50. The minimum atomic E-state index is -0.727. The Hall–Kier alpha value is -2.37. The fraction of sp³-hybridized carbons (Fsp3) is 0.400. The van der Waals surface area contributed by atoms with E-state index in [-0.39, 0.29) is 11.8 Å². The SMILES string of the molecule is NC(=O)[C@H](CCc1ccccc1)NC(=O)[C@@H]1CCC(=O)N1. The van der Waals surface area contributed by atoms with Crippen LogP contribution < -0.4 is 16.4 Å². The molecule has 0 bridgehead atoms. The molecule has 1 aromatic carbocycles. The van der Waals surface area contributed by atoms with E-state index in [2.05, 4.69) is 10.6 Å². The zero-order chi connectivity index (χ0) is 15.2. The van der Waals surface area contributed by atoms with Crippen LogP contribution in [0.25, 0.3) is 0 Å². The number of hydrogen-bond donors (Lipinski definition) is 3. The maximum absolute atomic E-state index is 12.0. The molecule has 0 aliphatic carbocycles. The molecule has 1 fully saturated rings. The highest BCUT2D eigenvalue weighted by Gasteiger charge is 2.29. The van der Waals surface area contributed by atoms with E-state index in [4.69, 9.17) is 5.73 Å². The van der Waals surface area contributed by atoms with E-state index >= 15 is 0 Å². The van der Waals surface area contributed by atoms with Crippen molar-refractivity contribution in [1.29, 1.82) is 0 Å². The highest BCUT2D eigenvalue weighted by Crippen LogP contribution is 2.09. The molecule has 1 heterocycles. The maximum Gasteiger partial charge on any atom is 0.243 e. The summed E-state index contributed by atoms with van der Waals surface area (Å²) in [6.45, 7) is 0. The van der Waals surface area contributed by atoms with Crippen LogP contribution in [-0.4, -0.2) is 29.8 Å². The largest absolute Gasteiger partial charge is 0.368 e. The summed E-state index contributed by atoms with van der Waals surface area (Å²) >= 11 is 0.